The van der Waals surface area contributed by atoms with E-state index in [9.17, 15) is 9.59 Å². The summed E-state index contributed by atoms with van der Waals surface area (Å²) in [4.78, 5) is 25.4. The zero-order valence-corrected chi connectivity index (χ0v) is 14.7. The van der Waals surface area contributed by atoms with Gasteiger partial charge in [-0.2, -0.15) is 0 Å². The van der Waals surface area contributed by atoms with Crippen LogP contribution in [0.15, 0.2) is 54.6 Å². The number of ketones is 1. The summed E-state index contributed by atoms with van der Waals surface area (Å²) >= 11 is 0. The third-order valence-electron chi connectivity index (χ3n) is 4.91. The van der Waals surface area contributed by atoms with Gasteiger partial charge in [0.1, 0.15) is 0 Å². The van der Waals surface area contributed by atoms with Crippen LogP contribution in [-0.2, 0) is 16.1 Å². The molecule has 0 spiro atoms. The molecule has 3 aromatic rings. The molecule has 5 nitrogen and oxygen atoms in total. The van der Waals surface area contributed by atoms with Crippen molar-refractivity contribution in [3.63, 3.8) is 0 Å². The molecule has 2 aromatic carbocycles. The Hall–Kier alpha value is -2.92. The van der Waals surface area contributed by atoms with Crippen LogP contribution in [0.3, 0.4) is 0 Å². The van der Waals surface area contributed by atoms with Crippen LogP contribution in [-0.4, -0.2) is 29.3 Å². The van der Waals surface area contributed by atoms with Gasteiger partial charge in [0, 0.05) is 36.5 Å². The van der Waals surface area contributed by atoms with Crippen molar-refractivity contribution in [2.24, 2.45) is 0 Å². The first-order valence-electron chi connectivity index (χ1n) is 8.84. The number of aromatic nitrogens is 1. The van der Waals surface area contributed by atoms with Crippen molar-refractivity contribution >= 4 is 28.3 Å². The first-order chi connectivity index (χ1) is 12.6. The fraction of sp³-hybridized carbons (Fsp3) is 0.238. The Labute approximate surface area is 152 Å². The molecule has 1 aliphatic heterocycles. The Bertz CT molecular complexity index is 973. The molecule has 5 heteroatoms. The number of amides is 1. The van der Waals surface area contributed by atoms with E-state index in [2.05, 4.69) is 21.3 Å². The Kier molecular flexibility index (Phi) is 4.31. The fourth-order valence-electron chi connectivity index (χ4n) is 3.53. The number of nitrogens with one attached hydrogen (secondary N) is 2. The van der Waals surface area contributed by atoms with E-state index < -0.39 is 17.6 Å². The number of hydrogen-bond acceptors (Lipinski definition) is 3. The van der Waals surface area contributed by atoms with Gasteiger partial charge in [0.15, 0.2) is 0 Å². The average molecular weight is 347 g/mol. The molecule has 4 rings (SSSR count). The highest BCUT2D eigenvalue weighted by molar-refractivity contribution is 6.42. The lowest BCUT2D eigenvalue weighted by Crippen LogP contribution is -2.33. The number of para-hydroxylation sites is 1. The summed E-state index contributed by atoms with van der Waals surface area (Å²) < 4.78 is 2.15. The maximum absolute atomic E-state index is 12.9. The predicted octanol–water partition coefficient (Wildman–Crippen LogP) is 2.84. The third-order valence-corrected chi connectivity index (χ3v) is 4.91. The second-order valence-electron chi connectivity index (χ2n) is 6.72. The number of rotatable bonds is 3. The van der Waals surface area contributed by atoms with E-state index >= 15 is 0 Å². The number of Topliss-reactive ketones (excluding diaryl/α,β-unsaturated/α-hetero) is 1. The molecule has 0 radical (unpaired) electrons. The Morgan fingerprint density at radius 1 is 1.12 bits per heavy atom. The molecule has 0 bridgehead atoms. The molecule has 0 saturated carbocycles. The highest BCUT2D eigenvalue weighted by Gasteiger charge is 2.31. The quantitative estimate of drug-likeness (QED) is 0.716. The van der Waals surface area contributed by atoms with Crippen LogP contribution in [0.4, 0.5) is 5.69 Å². The van der Waals surface area contributed by atoms with Gasteiger partial charge in [-0.1, -0.05) is 35.9 Å². The van der Waals surface area contributed by atoms with E-state index in [4.69, 9.17) is 0 Å². The summed E-state index contributed by atoms with van der Waals surface area (Å²) in [6.07, 6.45) is 0. The molecule has 0 fully saturated rings. The minimum Gasteiger partial charge on any atom is -0.343 e. The standard InChI is InChI=1S/C21H21N3O2/c1-14-6-8-16(9-7-14)23-21(26)20(25)17-13-22-10-11-24-18-5-3-2-4-15(18)12-19(17)24/h2-9,12,17,22H,10-11,13H2,1H3,(H,23,26). The van der Waals surface area contributed by atoms with E-state index in [1.807, 2.05) is 55.5 Å². The van der Waals surface area contributed by atoms with Gasteiger partial charge in [-0.05, 0) is 36.6 Å². The highest BCUT2D eigenvalue weighted by atomic mass is 16.2. The minimum absolute atomic E-state index is 0.413. The number of aryl methyl sites for hydroxylation is 1. The molecule has 1 unspecified atom stereocenters. The maximum atomic E-state index is 12.9. The molecule has 2 N–H and O–H groups in total. The van der Waals surface area contributed by atoms with Crippen molar-refractivity contribution in [1.29, 1.82) is 0 Å². The van der Waals surface area contributed by atoms with Gasteiger partial charge < -0.3 is 15.2 Å². The van der Waals surface area contributed by atoms with E-state index in [1.165, 1.54) is 0 Å². The van der Waals surface area contributed by atoms with Gasteiger partial charge in [-0.3, -0.25) is 9.59 Å². The van der Waals surface area contributed by atoms with Crippen LogP contribution in [0, 0.1) is 6.92 Å². The summed E-state index contributed by atoms with van der Waals surface area (Å²) in [7, 11) is 0. The lowest BCUT2D eigenvalue weighted by molar-refractivity contribution is -0.135. The van der Waals surface area contributed by atoms with Crippen LogP contribution in [0.5, 0.6) is 0 Å². The van der Waals surface area contributed by atoms with Crippen LogP contribution in [0.25, 0.3) is 10.9 Å². The number of anilines is 1. The predicted molar refractivity (Wildman–Crippen MR) is 102 cm³/mol. The van der Waals surface area contributed by atoms with Crippen LogP contribution in [0.2, 0.25) is 0 Å². The summed E-state index contributed by atoms with van der Waals surface area (Å²) in [5, 5.41) is 7.10. The topological polar surface area (TPSA) is 63.1 Å². The molecule has 2 heterocycles. The van der Waals surface area contributed by atoms with E-state index in [-0.39, 0.29) is 0 Å². The van der Waals surface area contributed by atoms with Crippen molar-refractivity contribution in [1.82, 2.24) is 9.88 Å². The lowest BCUT2D eigenvalue weighted by Gasteiger charge is -2.15. The third kappa shape index (κ3) is 3.02. The van der Waals surface area contributed by atoms with Crippen molar-refractivity contribution in [2.45, 2.75) is 19.4 Å². The zero-order valence-electron chi connectivity index (χ0n) is 14.7. The van der Waals surface area contributed by atoms with Gasteiger partial charge in [0.05, 0.1) is 5.92 Å². The second kappa shape index (κ2) is 6.77. The Morgan fingerprint density at radius 3 is 2.69 bits per heavy atom. The molecule has 1 aliphatic rings. The van der Waals surface area contributed by atoms with Gasteiger partial charge in [-0.15, -0.1) is 0 Å². The number of fused-ring (bicyclic) bond motifs is 3. The normalized spacial score (nSPS) is 16.7. The smallest absolute Gasteiger partial charge is 0.292 e. The van der Waals surface area contributed by atoms with Crippen molar-refractivity contribution < 1.29 is 9.59 Å². The lowest BCUT2D eigenvalue weighted by atomic mass is 9.99. The SMILES string of the molecule is Cc1ccc(NC(=O)C(=O)C2CNCCn3c2cc2ccccc23)cc1. The molecule has 1 atom stereocenters. The average Bonchev–Trinajstić information content (AvgIpc) is 2.88. The van der Waals surface area contributed by atoms with Gasteiger partial charge >= 0.3 is 0 Å². The summed E-state index contributed by atoms with van der Waals surface area (Å²) in [6, 6.07) is 17.5. The van der Waals surface area contributed by atoms with Crippen molar-refractivity contribution in [3.05, 3.63) is 65.9 Å². The van der Waals surface area contributed by atoms with Gasteiger partial charge in [0.25, 0.3) is 5.91 Å². The first kappa shape index (κ1) is 16.5. The fourth-order valence-corrected chi connectivity index (χ4v) is 3.53. The Morgan fingerprint density at radius 2 is 1.88 bits per heavy atom. The summed E-state index contributed by atoms with van der Waals surface area (Å²) in [5.41, 5.74) is 3.74. The molecular formula is C21H21N3O2. The van der Waals surface area contributed by atoms with Crippen molar-refractivity contribution in [2.75, 3.05) is 18.4 Å². The Balaban J connectivity index is 1.63. The number of carbonyl (C=O) groups excluding carboxylic acids is 2. The van der Waals surface area contributed by atoms with Gasteiger partial charge in [-0.25, -0.2) is 0 Å². The molecule has 0 saturated heterocycles. The summed E-state index contributed by atoms with van der Waals surface area (Å²) in [6.45, 7) is 4.00. The molecule has 1 amide bonds. The highest BCUT2D eigenvalue weighted by Crippen LogP contribution is 2.27. The maximum Gasteiger partial charge on any atom is 0.292 e. The minimum atomic E-state index is -0.570. The molecular weight excluding hydrogens is 326 g/mol. The number of carbonyl (C=O) groups is 2. The van der Waals surface area contributed by atoms with E-state index in [0.29, 0.717) is 12.2 Å². The largest absolute Gasteiger partial charge is 0.343 e. The summed E-state index contributed by atoms with van der Waals surface area (Å²) in [5.74, 6) is -1.47. The second-order valence-corrected chi connectivity index (χ2v) is 6.72. The molecule has 1 aromatic heterocycles. The van der Waals surface area contributed by atoms with E-state index in [0.717, 1.165) is 35.2 Å². The zero-order chi connectivity index (χ0) is 18.1. The van der Waals surface area contributed by atoms with Crippen LogP contribution < -0.4 is 10.6 Å². The number of benzene rings is 2. The number of hydrogen-bond donors (Lipinski definition) is 2. The van der Waals surface area contributed by atoms with E-state index in [1.54, 1.807) is 0 Å². The molecule has 26 heavy (non-hydrogen) atoms. The molecule has 0 aliphatic carbocycles. The molecule has 132 valence electrons. The van der Waals surface area contributed by atoms with Crippen LogP contribution >= 0.6 is 0 Å². The monoisotopic (exact) mass is 347 g/mol. The van der Waals surface area contributed by atoms with Crippen molar-refractivity contribution in [3.8, 4) is 0 Å². The van der Waals surface area contributed by atoms with Crippen LogP contribution in [0.1, 0.15) is 17.2 Å². The number of nitrogens with zero attached hydrogens (tertiary/aromatic N) is 1. The van der Waals surface area contributed by atoms with Gasteiger partial charge in [0.2, 0.25) is 5.78 Å². The first-order valence-corrected chi connectivity index (χ1v) is 8.84.